The summed E-state index contributed by atoms with van der Waals surface area (Å²) >= 11 is 12.0. The molecule has 0 aliphatic heterocycles. The Balaban J connectivity index is 0.00000208. The van der Waals surface area contributed by atoms with E-state index in [-0.39, 0.29) is 12.4 Å². The van der Waals surface area contributed by atoms with Crippen molar-refractivity contribution in [2.45, 2.75) is 25.3 Å². The highest BCUT2D eigenvalue weighted by Crippen LogP contribution is 2.25. The zero-order valence-corrected chi connectivity index (χ0v) is 15.3. The van der Waals surface area contributed by atoms with Gasteiger partial charge in [-0.25, -0.2) is 4.98 Å². The maximum Gasteiger partial charge on any atom is 0.137 e. The monoisotopic (exact) mass is 381 g/mol. The zero-order chi connectivity index (χ0) is 16.1. The minimum absolute atomic E-state index is 0. The van der Waals surface area contributed by atoms with Gasteiger partial charge in [-0.2, -0.15) is 5.10 Å². The van der Waals surface area contributed by atoms with Gasteiger partial charge in [0.2, 0.25) is 0 Å². The first-order valence-electron chi connectivity index (χ1n) is 7.53. The second-order valence-corrected chi connectivity index (χ2v) is 6.40. The van der Waals surface area contributed by atoms with Crippen molar-refractivity contribution in [1.29, 1.82) is 0 Å². The van der Waals surface area contributed by atoms with E-state index >= 15 is 0 Å². The van der Waals surface area contributed by atoms with Crippen LogP contribution >= 0.6 is 35.6 Å². The summed E-state index contributed by atoms with van der Waals surface area (Å²) in [6, 6.07) is 16.1. The Morgan fingerprint density at radius 2 is 1.54 bits per heavy atom. The average Bonchev–Trinajstić information content (AvgIpc) is 3.07. The molecule has 24 heavy (non-hydrogen) atoms. The Labute approximate surface area is 158 Å². The molecule has 1 heterocycles. The lowest BCUT2D eigenvalue weighted by Gasteiger charge is -2.17. The van der Waals surface area contributed by atoms with Crippen molar-refractivity contribution in [2.75, 3.05) is 0 Å². The predicted molar refractivity (Wildman–Crippen MR) is 101 cm³/mol. The Hall–Kier alpha value is -1.55. The third kappa shape index (κ3) is 5.23. The van der Waals surface area contributed by atoms with Crippen molar-refractivity contribution < 1.29 is 0 Å². The van der Waals surface area contributed by atoms with Crippen molar-refractivity contribution in [3.8, 4) is 0 Å². The van der Waals surface area contributed by atoms with E-state index in [9.17, 15) is 0 Å². The van der Waals surface area contributed by atoms with Gasteiger partial charge < -0.3 is 0 Å². The van der Waals surface area contributed by atoms with Crippen LogP contribution in [-0.4, -0.2) is 14.8 Å². The van der Waals surface area contributed by atoms with Crippen LogP contribution in [0.4, 0.5) is 0 Å². The minimum Gasteiger partial charge on any atom is -0.252 e. The summed E-state index contributed by atoms with van der Waals surface area (Å²) in [6.07, 6.45) is 5.33. The van der Waals surface area contributed by atoms with Gasteiger partial charge in [0.05, 0.1) is 0 Å². The molecule has 0 saturated carbocycles. The van der Waals surface area contributed by atoms with Crippen LogP contribution in [0.3, 0.4) is 0 Å². The molecule has 1 atom stereocenters. The second kappa shape index (κ2) is 9.07. The van der Waals surface area contributed by atoms with Crippen LogP contribution in [0.15, 0.2) is 61.2 Å². The first-order valence-corrected chi connectivity index (χ1v) is 8.28. The van der Waals surface area contributed by atoms with Crippen LogP contribution in [-0.2, 0) is 13.0 Å². The Kier molecular flexibility index (Phi) is 7.10. The van der Waals surface area contributed by atoms with E-state index in [0.717, 1.165) is 29.4 Å². The molecule has 0 aliphatic rings. The highest BCUT2D eigenvalue weighted by molar-refractivity contribution is 6.30. The molecule has 0 aliphatic carbocycles. The normalized spacial score (nSPS) is 11.8. The molecular formula is C18H18Cl3N3. The summed E-state index contributed by atoms with van der Waals surface area (Å²) in [4.78, 5) is 4.03. The number of nitrogens with zero attached hydrogens (tertiary/aromatic N) is 3. The summed E-state index contributed by atoms with van der Waals surface area (Å²) in [7, 11) is 0. The van der Waals surface area contributed by atoms with Crippen molar-refractivity contribution in [1.82, 2.24) is 14.8 Å². The second-order valence-electron chi connectivity index (χ2n) is 5.53. The Morgan fingerprint density at radius 1 is 0.917 bits per heavy atom. The number of benzene rings is 2. The molecule has 0 amide bonds. The van der Waals surface area contributed by atoms with Gasteiger partial charge in [-0.05, 0) is 48.2 Å². The smallest absolute Gasteiger partial charge is 0.137 e. The van der Waals surface area contributed by atoms with Crippen LogP contribution in [0, 0.1) is 0 Å². The predicted octanol–water partition coefficient (Wildman–Crippen LogP) is 5.42. The number of rotatable bonds is 6. The molecule has 0 bridgehead atoms. The van der Waals surface area contributed by atoms with Crippen molar-refractivity contribution in [3.05, 3.63) is 82.4 Å². The van der Waals surface area contributed by atoms with Crippen LogP contribution in [0.2, 0.25) is 10.0 Å². The number of hydrogen-bond donors (Lipinski definition) is 0. The fraction of sp³-hybridized carbons (Fsp3) is 0.222. The third-order valence-corrected chi connectivity index (χ3v) is 4.41. The molecule has 6 heteroatoms. The molecule has 0 spiro atoms. The van der Waals surface area contributed by atoms with E-state index in [1.807, 2.05) is 28.9 Å². The van der Waals surface area contributed by atoms with E-state index in [1.54, 1.807) is 12.7 Å². The molecule has 0 saturated heterocycles. The number of aryl methyl sites for hydroxylation is 1. The number of aromatic nitrogens is 3. The van der Waals surface area contributed by atoms with Gasteiger partial charge >= 0.3 is 0 Å². The van der Waals surface area contributed by atoms with E-state index in [0.29, 0.717) is 5.92 Å². The van der Waals surface area contributed by atoms with E-state index in [4.69, 9.17) is 23.2 Å². The lowest BCUT2D eigenvalue weighted by atomic mass is 9.92. The molecule has 3 nitrogen and oxygen atoms in total. The molecular weight excluding hydrogens is 365 g/mol. The minimum atomic E-state index is 0. The maximum atomic E-state index is 6.01. The standard InChI is InChI=1S/C18H17Cl2N3.ClH/c19-17-7-2-14(3-8-17)1-4-16(11-23-13-21-12-22-23)15-5-9-18(20)10-6-15;/h2-3,5-10,12-13,16H,1,4,11H2;1H. The fourth-order valence-corrected chi connectivity index (χ4v) is 2.90. The summed E-state index contributed by atoms with van der Waals surface area (Å²) in [5, 5.41) is 5.75. The molecule has 1 aromatic heterocycles. The molecule has 0 fully saturated rings. The van der Waals surface area contributed by atoms with Gasteiger partial charge in [0.1, 0.15) is 12.7 Å². The molecule has 0 N–H and O–H groups in total. The third-order valence-electron chi connectivity index (χ3n) is 3.91. The van der Waals surface area contributed by atoms with Crippen molar-refractivity contribution >= 4 is 35.6 Å². The highest BCUT2D eigenvalue weighted by Gasteiger charge is 2.13. The van der Waals surface area contributed by atoms with Gasteiger partial charge in [0.15, 0.2) is 0 Å². The SMILES string of the molecule is Cl.Clc1ccc(CCC(Cn2cncn2)c2ccc(Cl)cc2)cc1. The molecule has 2 aromatic carbocycles. The van der Waals surface area contributed by atoms with Gasteiger partial charge in [-0.1, -0.05) is 47.5 Å². The van der Waals surface area contributed by atoms with Gasteiger partial charge in [0, 0.05) is 22.5 Å². The van der Waals surface area contributed by atoms with Crippen LogP contribution < -0.4 is 0 Å². The van der Waals surface area contributed by atoms with E-state index < -0.39 is 0 Å². The lowest BCUT2D eigenvalue weighted by Crippen LogP contribution is -2.11. The van der Waals surface area contributed by atoms with Gasteiger partial charge in [0.25, 0.3) is 0 Å². The summed E-state index contributed by atoms with van der Waals surface area (Å²) in [5.74, 6) is 0.352. The van der Waals surface area contributed by atoms with Gasteiger partial charge in [-0.3, -0.25) is 4.68 Å². The quantitative estimate of drug-likeness (QED) is 0.569. The summed E-state index contributed by atoms with van der Waals surface area (Å²) in [5.41, 5.74) is 2.55. The van der Waals surface area contributed by atoms with Crippen molar-refractivity contribution in [3.63, 3.8) is 0 Å². The molecule has 1 unspecified atom stereocenters. The zero-order valence-electron chi connectivity index (χ0n) is 13.0. The maximum absolute atomic E-state index is 6.01. The summed E-state index contributed by atoms with van der Waals surface area (Å²) in [6.45, 7) is 0.801. The topological polar surface area (TPSA) is 30.7 Å². The molecule has 126 valence electrons. The van der Waals surface area contributed by atoms with E-state index in [2.05, 4.69) is 34.3 Å². The molecule has 3 rings (SSSR count). The summed E-state index contributed by atoms with van der Waals surface area (Å²) < 4.78 is 1.88. The molecule has 3 aromatic rings. The van der Waals surface area contributed by atoms with Crippen LogP contribution in [0.1, 0.15) is 23.5 Å². The first kappa shape index (κ1) is 18.8. The van der Waals surface area contributed by atoms with Crippen LogP contribution in [0.5, 0.6) is 0 Å². The van der Waals surface area contributed by atoms with Gasteiger partial charge in [-0.15, -0.1) is 12.4 Å². The molecule has 0 radical (unpaired) electrons. The Morgan fingerprint density at radius 3 is 2.12 bits per heavy atom. The largest absolute Gasteiger partial charge is 0.252 e. The first-order chi connectivity index (χ1) is 11.2. The average molecular weight is 383 g/mol. The van der Waals surface area contributed by atoms with Crippen molar-refractivity contribution in [2.24, 2.45) is 0 Å². The van der Waals surface area contributed by atoms with Crippen LogP contribution in [0.25, 0.3) is 0 Å². The van der Waals surface area contributed by atoms with E-state index in [1.165, 1.54) is 11.1 Å². The fourth-order valence-electron chi connectivity index (χ4n) is 2.64. The Bertz CT molecular complexity index is 725. The number of hydrogen-bond acceptors (Lipinski definition) is 2. The highest BCUT2D eigenvalue weighted by atomic mass is 35.5. The number of halogens is 3. The lowest BCUT2D eigenvalue weighted by molar-refractivity contribution is 0.488.